The molecule has 0 saturated carbocycles. The van der Waals surface area contributed by atoms with E-state index in [0.29, 0.717) is 6.54 Å². The molecule has 1 aliphatic heterocycles. The number of carbonyl (C=O) groups excluding carboxylic acids is 1. The number of carbonyl (C=O) groups is 1. The molecule has 0 unspecified atom stereocenters. The van der Waals surface area contributed by atoms with E-state index in [1.165, 1.54) is 0 Å². The first-order valence-electron chi connectivity index (χ1n) is 4.58. The van der Waals surface area contributed by atoms with Crippen molar-refractivity contribution in [3.8, 4) is 0 Å². The topological polar surface area (TPSA) is 46.3 Å². The summed E-state index contributed by atoms with van der Waals surface area (Å²) in [7, 11) is 0. The third kappa shape index (κ3) is 3.03. The number of hydrogen-bond donors (Lipinski definition) is 1. The molecule has 3 heteroatoms. The summed E-state index contributed by atoms with van der Waals surface area (Å²) >= 11 is 0. The van der Waals surface area contributed by atoms with Gasteiger partial charge in [0.05, 0.1) is 0 Å². The summed E-state index contributed by atoms with van der Waals surface area (Å²) in [6.07, 6.45) is 7.99. The van der Waals surface area contributed by atoms with Gasteiger partial charge in [0.1, 0.15) is 0 Å². The number of nitrogens with two attached hydrogens (primary N) is 1. The van der Waals surface area contributed by atoms with E-state index in [0.717, 1.165) is 13.0 Å². The smallest absolute Gasteiger partial charge is 0.246 e. The van der Waals surface area contributed by atoms with Gasteiger partial charge in [0.25, 0.3) is 0 Å². The van der Waals surface area contributed by atoms with Gasteiger partial charge in [0.15, 0.2) is 0 Å². The van der Waals surface area contributed by atoms with Crippen molar-refractivity contribution in [3.05, 3.63) is 24.3 Å². The lowest BCUT2D eigenvalue weighted by molar-refractivity contribution is -0.125. The van der Waals surface area contributed by atoms with E-state index >= 15 is 0 Å². The Morgan fingerprint density at radius 3 is 2.85 bits per heavy atom. The lowest BCUT2D eigenvalue weighted by Gasteiger charge is -2.12. The number of allylic oxidation sites excluding steroid dienone is 3. The largest absolute Gasteiger partial charge is 0.338 e. The highest BCUT2D eigenvalue weighted by Crippen LogP contribution is 2.07. The molecule has 1 atom stereocenters. The Kier molecular flexibility index (Phi) is 3.71. The van der Waals surface area contributed by atoms with E-state index in [2.05, 4.69) is 0 Å². The zero-order chi connectivity index (χ0) is 9.68. The normalized spacial score (nSPS) is 23.5. The van der Waals surface area contributed by atoms with Gasteiger partial charge >= 0.3 is 0 Å². The number of hydrogen-bond acceptors (Lipinski definition) is 2. The van der Waals surface area contributed by atoms with E-state index in [1.807, 2.05) is 19.1 Å². The fourth-order valence-corrected chi connectivity index (χ4v) is 1.34. The molecule has 0 radical (unpaired) electrons. The van der Waals surface area contributed by atoms with Crippen molar-refractivity contribution in [2.24, 2.45) is 5.73 Å². The minimum Gasteiger partial charge on any atom is -0.338 e. The van der Waals surface area contributed by atoms with Crippen LogP contribution in [0.5, 0.6) is 0 Å². The Morgan fingerprint density at radius 1 is 1.54 bits per heavy atom. The molecular formula is C10H16N2O. The number of amides is 1. The van der Waals surface area contributed by atoms with Gasteiger partial charge in [-0.25, -0.2) is 0 Å². The zero-order valence-electron chi connectivity index (χ0n) is 7.94. The molecule has 1 aliphatic rings. The van der Waals surface area contributed by atoms with E-state index in [1.54, 1.807) is 17.1 Å². The molecular weight excluding hydrogens is 164 g/mol. The summed E-state index contributed by atoms with van der Waals surface area (Å²) in [5.41, 5.74) is 5.69. The van der Waals surface area contributed by atoms with Crippen molar-refractivity contribution in [2.75, 3.05) is 13.1 Å². The van der Waals surface area contributed by atoms with E-state index < -0.39 is 0 Å². The number of likely N-dealkylation sites (tertiary alicyclic amines) is 1. The first-order chi connectivity index (χ1) is 6.24. The van der Waals surface area contributed by atoms with Crippen LogP contribution in [0.2, 0.25) is 0 Å². The van der Waals surface area contributed by atoms with Crippen LogP contribution in [0.1, 0.15) is 13.3 Å². The molecule has 1 amide bonds. The molecule has 0 aromatic carbocycles. The highest BCUT2D eigenvalue weighted by Gasteiger charge is 2.21. The summed E-state index contributed by atoms with van der Waals surface area (Å²) in [6.45, 7) is 3.40. The molecule has 13 heavy (non-hydrogen) atoms. The van der Waals surface area contributed by atoms with Crippen molar-refractivity contribution in [3.63, 3.8) is 0 Å². The molecule has 3 nitrogen and oxygen atoms in total. The van der Waals surface area contributed by atoms with Gasteiger partial charge in [-0.15, -0.1) is 0 Å². The Hall–Kier alpha value is -1.09. The lowest BCUT2D eigenvalue weighted by atomic mass is 10.3. The fourth-order valence-electron chi connectivity index (χ4n) is 1.34. The van der Waals surface area contributed by atoms with Crippen LogP contribution in [-0.4, -0.2) is 29.9 Å². The molecule has 0 aromatic rings. The molecule has 72 valence electrons. The molecule has 1 rings (SSSR count). The maximum atomic E-state index is 11.4. The quantitative estimate of drug-likeness (QED) is 0.501. The van der Waals surface area contributed by atoms with Crippen LogP contribution in [0.15, 0.2) is 24.3 Å². The predicted molar refractivity (Wildman–Crippen MR) is 53.1 cm³/mol. The van der Waals surface area contributed by atoms with Gasteiger partial charge in [-0.3, -0.25) is 4.79 Å². The summed E-state index contributed by atoms with van der Waals surface area (Å²) in [5.74, 6) is 0.0612. The van der Waals surface area contributed by atoms with Gasteiger partial charge in [-0.1, -0.05) is 18.2 Å². The number of rotatable bonds is 2. The molecule has 0 aliphatic carbocycles. The second kappa shape index (κ2) is 4.82. The third-order valence-electron chi connectivity index (χ3n) is 2.08. The van der Waals surface area contributed by atoms with Gasteiger partial charge in [-0.2, -0.15) is 0 Å². The van der Waals surface area contributed by atoms with Crippen molar-refractivity contribution in [1.82, 2.24) is 4.90 Å². The summed E-state index contributed by atoms with van der Waals surface area (Å²) < 4.78 is 0. The predicted octanol–water partition coefficient (Wildman–Crippen LogP) is 0.678. The molecule has 0 bridgehead atoms. The molecule has 0 spiro atoms. The van der Waals surface area contributed by atoms with Crippen LogP contribution in [0, 0.1) is 0 Å². The highest BCUT2D eigenvalue weighted by atomic mass is 16.2. The van der Waals surface area contributed by atoms with E-state index in [-0.39, 0.29) is 11.9 Å². The van der Waals surface area contributed by atoms with Gasteiger partial charge in [0.2, 0.25) is 5.91 Å². The average Bonchev–Trinajstić information content (AvgIpc) is 2.52. The zero-order valence-corrected chi connectivity index (χ0v) is 7.94. The first kappa shape index (κ1) is 9.99. The lowest BCUT2D eigenvalue weighted by Crippen LogP contribution is -2.30. The first-order valence-corrected chi connectivity index (χ1v) is 4.58. The standard InChI is InChI=1S/C10H16N2O/c1-2-3-4-5-10(13)12-7-6-9(11)8-12/h2-5,9H,6-8,11H2,1H3/t9-/m0/s1. The van der Waals surface area contributed by atoms with Crippen LogP contribution in [-0.2, 0) is 4.79 Å². The SMILES string of the molecule is CC=CC=CC(=O)N1CC[C@H](N)C1. The second-order valence-corrected chi connectivity index (χ2v) is 3.22. The van der Waals surface area contributed by atoms with E-state index in [9.17, 15) is 4.79 Å². The minimum absolute atomic E-state index is 0.0612. The molecule has 1 saturated heterocycles. The van der Waals surface area contributed by atoms with Crippen molar-refractivity contribution < 1.29 is 4.79 Å². The third-order valence-corrected chi connectivity index (χ3v) is 2.08. The minimum atomic E-state index is 0.0612. The van der Waals surface area contributed by atoms with Crippen molar-refractivity contribution in [2.45, 2.75) is 19.4 Å². The van der Waals surface area contributed by atoms with Crippen molar-refractivity contribution in [1.29, 1.82) is 0 Å². The maximum absolute atomic E-state index is 11.4. The molecule has 1 heterocycles. The molecule has 0 aromatic heterocycles. The van der Waals surface area contributed by atoms with Gasteiger partial charge in [0, 0.05) is 25.2 Å². The fraction of sp³-hybridized carbons (Fsp3) is 0.500. The van der Waals surface area contributed by atoms with E-state index in [4.69, 9.17) is 5.73 Å². The monoisotopic (exact) mass is 180 g/mol. The summed E-state index contributed by atoms with van der Waals surface area (Å²) in [5, 5.41) is 0. The van der Waals surface area contributed by atoms with Crippen LogP contribution in [0.25, 0.3) is 0 Å². The Balaban J connectivity index is 2.40. The molecule has 1 fully saturated rings. The number of nitrogens with zero attached hydrogens (tertiary/aromatic N) is 1. The Morgan fingerprint density at radius 2 is 2.31 bits per heavy atom. The maximum Gasteiger partial charge on any atom is 0.246 e. The van der Waals surface area contributed by atoms with Crippen LogP contribution in [0.4, 0.5) is 0 Å². The van der Waals surface area contributed by atoms with Crippen LogP contribution in [0.3, 0.4) is 0 Å². The van der Waals surface area contributed by atoms with Crippen molar-refractivity contribution >= 4 is 5.91 Å². The van der Waals surface area contributed by atoms with Gasteiger partial charge in [-0.05, 0) is 13.3 Å². The van der Waals surface area contributed by atoms with Crippen LogP contribution >= 0.6 is 0 Å². The Labute approximate surface area is 78.9 Å². The summed E-state index contributed by atoms with van der Waals surface area (Å²) in [4.78, 5) is 13.2. The van der Waals surface area contributed by atoms with Gasteiger partial charge < -0.3 is 10.6 Å². The average molecular weight is 180 g/mol. The Bertz CT molecular complexity index is 233. The highest BCUT2D eigenvalue weighted by molar-refractivity contribution is 5.88. The van der Waals surface area contributed by atoms with Crippen LogP contribution < -0.4 is 5.73 Å². The second-order valence-electron chi connectivity index (χ2n) is 3.22. The molecule has 2 N–H and O–H groups in total. The summed E-state index contributed by atoms with van der Waals surface area (Å²) in [6, 6.07) is 0.166.